The van der Waals surface area contributed by atoms with Gasteiger partial charge in [-0.15, -0.1) is 0 Å². The van der Waals surface area contributed by atoms with E-state index in [1.165, 1.54) is 4.90 Å². The number of anilines is 1. The second-order valence-electron chi connectivity index (χ2n) is 8.01. The number of ketones is 1. The van der Waals surface area contributed by atoms with Crippen LogP contribution in [0.4, 0.5) is 5.69 Å². The van der Waals surface area contributed by atoms with Crippen LogP contribution in [0, 0.1) is 6.92 Å². The van der Waals surface area contributed by atoms with E-state index in [1.54, 1.807) is 36.4 Å². The monoisotopic (exact) mass is 495 g/mol. The van der Waals surface area contributed by atoms with Crippen molar-refractivity contribution in [1.29, 1.82) is 0 Å². The molecule has 1 N–H and O–H groups in total. The highest BCUT2D eigenvalue weighted by Crippen LogP contribution is 2.45. The Balaban J connectivity index is 1.73. The first-order chi connectivity index (χ1) is 16.3. The maximum atomic E-state index is 13.3. The number of carbonyl (C=O) groups is 2. The number of ether oxygens (including phenoxy) is 2. The van der Waals surface area contributed by atoms with Gasteiger partial charge in [0.1, 0.15) is 19.0 Å². The van der Waals surface area contributed by atoms with Gasteiger partial charge in [-0.05, 0) is 54.4 Å². The van der Waals surface area contributed by atoms with Gasteiger partial charge in [-0.1, -0.05) is 47.5 Å². The molecule has 3 aromatic carbocycles. The molecule has 0 aromatic heterocycles. The van der Waals surface area contributed by atoms with Crippen molar-refractivity contribution in [3.63, 3.8) is 0 Å². The van der Waals surface area contributed by atoms with E-state index in [0.717, 1.165) is 5.56 Å². The summed E-state index contributed by atoms with van der Waals surface area (Å²) < 4.78 is 11.2. The van der Waals surface area contributed by atoms with Gasteiger partial charge in [-0.3, -0.25) is 14.5 Å². The van der Waals surface area contributed by atoms with Gasteiger partial charge in [0.05, 0.1) is 11.6 Å². The number of Topliss-reactive ketones (excluding diaryl/α,β-unsaturated/α-hetero) is 1. The minimum atomic E-state index is -0.885. The lowest BCUT2D eigenvalue weighted by atomic mass is 9.92. The SMILES string of the molecule is Cc1ccccc1C1/C(=C(\O)c2ccc3c(c2)OCCO3)C(=O)C(=O)N1c1cc(Cl)cc(Cl)c1. The molecule has 2 aliphatic heterocycles. The summed E-state index contributed by atoms with van der Waals surface area (Å²) in [4.78, 5) is 28.0. The molecule has 34 heavy (non-hydrogen) atoms. The van der Waals surface area contributed by atoms with Gasteiger partial charge >= 0.3 is 0 Å². The van der Waals surface area contributed by atoms with Crippen LogP contribution in [-0.4, -0.2) is 30.0 Å². The Labute approximate surface area is 205 Å². The normalized spacial score (nSPS) is 18.9. The lowest BCUT2D eigenvalue weighted by Crippen LogP contribution is -2.29. The molecule has 0 saturated carbocycles. The Morgan fingerprint density at radius 2 is 1.62 bits per heavy atom. The van der Waals surface area contributed by atoms with Crippen LogP contribution in [0.15, 0.2) is 66.2 Å². The third-order valence-corrected chi connectivity index (χ3v) is 6.31. The summed E-state index contributed by atoms with van der Waals surface area (Å²) in [5.74, 6) is -0.896. The number of carbonyl (C=O) groups excluding carboxylic acids is 2. The molecule has 2 aliphatic rings. The number of aliphatic hydroxyl groups is 1. The average molecular weight is 496 g/mol. The molecule has 1 atom stereocenters. The molecule has 3 aromatic rings. The summed E-state index contributed by atoms with van der Waals surface area (Å²) in [6.07, 6.45) is 0. The molecule has 0 radical (unpaired) electrons. The van der Waals surface area contributed by atoms with Crippen LogP contribution in [0.3, 0.4) is 0 Å². The van der Waals surface area contributed by atoms with Crippen LogP contribution in [0.25, 0.3) is 5.76 Å². The highest BCUT2D eigenvalue weighted by molar-refractivity contribution is 6.52. The van der Waals surface area contributed by atoms with Crippen molar-refractivity contribution in [3.8, 4) is 11.5 Å². The number of hydrogen-bond donors (Lipinski definition) is 1. The van der Waals surface area contributed by atoms with Crippen molar-refractivity contribution in [2.24, 2.45) is 0 Å². The Kier molecular flexibility index (Phi) is 5.71. The van der Waals surface area contributed by atoms with Crippen LogP contribution in [0.5, 0.6) is 11.5 Å². The first kappa shape index (κ1) is 22.3. The Morgan fingerprint density at radius 3 is 2.32 bits per heavy atom. The van der Waals surface area contributed by atoms with Crippen LogP contribution in [-0.2, 0) is 9.59 Å². The molecule has 1 fully saturated rings. The van der Waals surface area contributed by atoms with Crippen LogP contribution < -0.4 is 14.4 Å². The molecule has 1 amide bonds. The minimum Gasteiger partial charge on any atom is -0.507 e. The zero-order valence-electron chi connectivity index (χ0n) is 18.0. The van der Waals surface area contributed by atoms with Gasteiger partial charge in [0.15, 0.2) is 11.5 Å². The molecule has 1 unspecified atom stereocenters. The third-order valence-electron chi connectivity index (χ3n) is 5.87. The zero-order valence-corrected chi connectivity index (χ0v) is 19.6. The molecule has 2 heterocycles. The Bertz CT molecular complexity index is 1350. The molecule has 6 nitrogen and oxygen atoms in total. The number of benzene rings is 3. The molecule has 1 saturated heterocycles. The van der Waals surface area contributed by atoms with E-state index in [-0.39, 0.29) is 11.3 Å². The summed E-state index contributed by atoms with van der Waals surface area (Å²) in [5.41, 5.74) is 2.20. The van der Waals surface area contributed by atoms with Gasteiger partial charge in [0, 0.05) is 21.3 Å². The standard InChI is InChI=1S/C26H19Cl2NO5/c1-14-4-2-3-5-19(14)23-22(24(30)15-6-7-20-21(10-15)34-9-8-33-20)25(31)26(32)29(23)18-12-16(27)11-17(28)13-18/h2-7,10-13,23,30H,8-9H2,1H3/b24-22+. The van der Waals surface area contributed by atoms with Crippen molar-refractivity contribution >= 4 is 46.3 Å². The number of halogens is 2. The summed E-state index contributed by atoms with van der Waals surface area (Å²) >= 11 is 12.4. The Morgan fingerprint density at radius 1 is 0.941 bits per heavy atom. The number of aliphatic hydroxyl groups excluding tert-OH is 1. The zero-order chi connectivity index (χ0) is 24.0. The lowest BCUT2D eigenvalue weighted by molar-refractivity contribution is -0.132. The van der Waals surface area contributed by atoms with Gasteiger partial charge in [-0.25, -0.2) is 0 Å². The fourth-order valence-electron chi connectivity index (χ4n) is 4.31. The highest BCUT2D eigenvalue weighted by atomic mass is 35.5. The predicted octanol–water partition coefficient (Wildman–Crippen LogP) is 5.70. The highest BCUT2D eigenvalue weighted by Gasteiger charge is 2.47. The average Bonchev–Trinajstić information content (AvgIpc) is 3.08. The molecule has 0 spiro atoms. The topological polar surface area (TPSA) is 76.1 Å². The summed E-state index contributed by atoms with van der Waals surface area (Å²) in [6, 6.07) is 16.1. The quantitative estimate of drug-likeness (QED) is 0.286. The Hall–Kier alpha value is -3.48. The molecular formula is C26H19Cl2NO5. The minimum absolute atomic E-state index is 0.0351. The van der Waals surface area contributed by atoms with Crippen molar-refractivity contribution in [3.05, 3.63) is 93.0 Å². The number of hydrogen-bond acceptors (Lipinski definition) is 5. The summed E-state index contributed by atoms with van der Waals surface area (Å²) in [5, 5.41) is 12.0. The second kappa shape index (κ2) is 8.70. The van der Waals surface area contributed by atoms with Crippen molar-refractivity contribution in [1.82, 2.24) is 0 Å². The number of aryl methyl sites for hydroxylation is 1. The predicted molar refractivity (Wildman–Crippen MR) is 130 cm³/mol. The molecule has 0 aliphatic carbocycles. The van der Waals surface area contributed by atoms with Crippen LogP contribution in [0.1, 0.15) is 22.7 Å². The third kappa shape index (κ3) is 3.79. The lowest BCUT2D eigenvalue weighted by Gasteiger charge is -2.27. The second-order valence-corrected chi connectivity index (χ2v) is 8.88. The van der Waals surface area contributed by atoms with E-state index in [1.807, 2.05) is 31.2 Å². The van der Waals surface area contributed by atoms with Crippen LogP contribution in [0.2, 0.25) is 10.0 Å². The molecule has 172 valence electrons. The summed E-state index contributed by atoms with van der Waals surface area (Å²) in [6.45, 7) is 2.68. The van der Waals surface area contributed by atoms with E-state index in [4.69, 9.17) is 32.7 Å². The largest absolute Gasteiger partial charge is 0.507 e. The van der Waals surface area contributed by atoms with Crippen LogP contribution >= 0.6 is 23.2 Å². The van der Waals surface area contributed by atoms with Crippen molar-refractivity contribution in [2.75, 3.05) is 18.1 Å². The fourth-order valence-corrected chi connectivity index (χ4v) is 4.83. The molecule has 8 heteroatoms. The first-order valence-corrected chi connectivity index (χ1v) is 11.3. The maximum Gasteiger partial charge on any atom is 0.300 e. The number of nitrogens with zero attached hydrogens (tertiary/aromatic N) is 1. The number of fused-ring (bicyclic) bond motifs is 1. The first-order valence-electron chi connectivity index (χ1n) is 10.6. The molecule has 0 bridgehead atoms. The van der Waals surface area contributed by atoms with Crippen molar-refractivity contribution < 1.29 is 24.2 Å². The van der Waals surface area contributed by atoms with Gasteiger partial charge < -0.3 is 14.6 Å². The molecule has 5 rings (SSSR count). The fraction of sp³-hybridized carbons (Fsp3) is 0.154. The number of amides is 1. The van der Waals surface area contributed by atoms with E-state index >= 15 is 0 Å². The van der Waals surface area contributed by atoms with E-state index in [0.29, 0.717) is 51.6 Å². The van der Waals surface area contributed by atoms with E-state index < -0.39 is 17.7 Å². The smallest absolute Gasteiger partial charge is 0.300 e. The van der Waals surface area contributed by atoms with Gasteiger partial charge in [-0.2, -0.15) is 0 Å². The van der Waals surface area contributed by atoms with Crippen molar-refractivity contribution in [2.45, 2.75) is 13.0 Å². The maximum absolute atomic E-state index is 13.3. The summed E-state index contributed by atoms with van der Waals surface area (Å²) in [7, 11) is 0. The number of rotatable bonds is 3. The molecular weight excluding hydrogens is 477 g/mol. The van der Waals surface area contributed by atoms with E-state index in [9.17, 15) is 14.7 Å². The van der Waals surface area contributed by atoms with E-state index in [2.05, 4.69) is 0 Å². The van der Waals surface area contributed by atoms with Gasteiger partial charge in [0.25, 0.3) is 11.7 Å². The van der Waals surface area contributed by atoms with Gasteiger partial charge in [0.2, 0.25) is 0 Å².